The molecule has 0 aliphatic carbocycles. The van der Waals surface area contributed by atoms with Gasteiger partial charge in [0.2, 0.25) is 5.89 Å². The third-order valence-corrected chi connectivity index (χ3v) is 11.4. The number of nitrogens with zero attached hydrogens (tertiary/aromatic N) is 3. The van der Waals surface area contributed by atoms with Crippen molar-refractivity contribution in [3.8, 4) is 28.3 Å². The van der Waals surface area contributed by atoms with Gasteiger partial charge in [0.25, 0.3) is 0 Å². The van der Waals surface area contributed by atoms with Gasteiger partial charge in [-0.1, -0.05) is 140 Å². The lowest BCUT2D eigenvalue weighted by Crippen LogP contribution is -2.12. The fraction of sp³-hybridized carbons (Fsp3) is 0. The van der Waals surface area contributed by atoms with Crippen molar-refractivity contribution < 1.29 is 8.83 Å². The van der Waals surface area contributed by atoms with E-state index in [0.717, 1.165) is 88.9 Å². The molecule has 5 nitrogen and oxygen atoms in total. The Morgan fingerprint density at radius 2 is 1.05 bits per heavy atom. The van der Waals surface area contributed by atoms with Crippen LogP contribution in [-0.2, 0) is 0 Å². The highest BCUT2D eigenvalue weighted by Gasteiger charge is 2.27. The summed E-state index contributed by atoms with van der Waals surface area (Å²) in [6.45, 7) is 0. The fourth-order valence-corrected chi connectivity index (χ4v) is 8.91. The first kappa shape index (κ1) is 32.4. The van der Waals surface area contributed by atoms with Crippen LogP contribution in [0.15, 0.2) is 209 Å². The van der Waals surface area contributed by atoms with Crippen molar-refractivity contribution in [2.24, 2.45) is 0 Å². The molecule has 0 spiro atoms. The lowest BCUT2D eigenvalue weighted by atomic mass is 9.98. The van der Waals surface area contributed by atoms with Gasteiger partial charge in [-0.25, -0.2) is 4.98 Å². The highest BCUT2D eigenvalue weighted by Crippen LogP contribution is 2.50. The van der Waals surface area contributed by atoms with Crippen LogP contribution in [0, 0.1) is 0 Å². The van der Waals surface area contributed by atoms with Crippen molar-refractivity contribution in [2.45, 2.75) is 0 Å². The first-order valence-corrected chi connectivity index (χ1v) is 19.6. The van der Waals surface area contributed by atoms with Gasteiger partial charge < -0.3 is 18.3 Å². The second-order valence-electron chi connectivity index (χ2n) is 14.7. The summed E-state index contributed by atoms with van der Waals surface area (Å²) in [5.74, 6) is 0.592. The summed E-state index contributed by atoms with van der Waals surface area (Å²) >= 11 is 0. The molecule has 0 radical (unpaired) electrons. The van der Waals surface area contributed by atoms with Gasteiger partial charge in [0, 0.05) is 49.3 Å². The van der Waals surface area contributed by atoms with Gasteiger partial charge in [0.15, 0.2) is 11.2 Å². The van der Waals surface area contributed by atoms with Gasteiger partial charge in [0.1, 0.15) is 11.1 Å². The van der Waals surface area contributed by atoms with Crippen molar-refractivity contribution in [3.63, 3.8) is 0 Å². The van der Waals surface area contributed by atoms with Crippen LogP contribution < -0.4 is 4.90 Å². The Morgan fingerprint density at radius 1 is 0.414 bits per heavy atom. The van der Waals surface area contributed by atoms with Crippen LogP contribution in [0.25, 0.3) is 93.9 Å². The average Bonchev–Trinajstić information content (AvgIpc) is 4.00. The van der Waals surface area contributed by atoms with E-state index in [1.54, 1.807) is 0 Å². The minimum Gasteiger partial charge on any atom is -0.454 e. The van der Waals surface area contributed by atoms with Crippen LogP contribution in [0.1, 0.15) is 0 Å². The molecule has 58 heavy (non-hydrogen) atoms. The van der Waals surface area contributed by atoms with Crippen molar-refractivity contribution in [3.05, 3.63) is 200 Å². The summed E-state index contributed by atoms with van der Waals surface area (Å²) in [7, 11) is 0. The van der Waals surface area contributed by atoms with E-state index < -0.39 is 0 Å². The summed E-state index contributed by atoms with van der Waals surface area (Å²) in [5, 5.41) is 6.86. The number of fused-ring (bicyclic) bond motifs is 9. The standard InChI is InChI=1S/C53H33N3O2/c1-3-17-34(18-4-1)53-54-43-28-15-26-40(51(43)58-53)37-22-9-12-29-44(37)56(46-31-16-27-41-38-23-11-14-32-49(38)57-52(41)46)47-33-48-50(39-24-8-7-21-36(39)47)42-25-10-13-30-45(42)55(48)35-19-5-2-6-20-35/h1-33H. The molecule has 0 bridgehead atoms. The Morgan fingerprint density at radius 3 is 1.91 bits per heavy atom. The van der Waals surface area contributed by atoms with Crippen LogP contribution in [0.3, 0.4) is 0 Å². The average molecular weight is 744 g/mol. The minimum absolute atomic E-state index is 0.592. The quantitative estimate of drug-likeness (QED) is 0.170. The third kappa shape index (κ3) is 4.87. The highest BCUT2D eigenvalue weighted by atomic mass is 16.3. The number of hydrogen-bond donors (Lipinski definition) is 0. The molecule has 3 aromatic heterocycles. The molecule has 0 N–H and O–H groups in total. The number of anilines is 3. The molecule has 12 rings (SSSR count). The maximum atomic E-state index is 6.84. The summed E-state index contributed by atoms with van der Waals surface area (Å²) in [4.78, 5) is 7.35. The molecule has 272 valence electrons. The number of benzene rings is 9. The van der Waals surface area contributed by atoms with E-state index in [0.29, 0.717) is 5.89 Å². The molecule has 0 fully saturated rings. The van der Waals surface area contributed by atoms with Crippen LogP contribution >= 0.6 is 0 Å². The Labute approximate surface area is 333 Å². The molecule has 12 aromatic rings. The molecule has 5 heteroatoms. The summed E-state index contributed by atoms with van der Waals surface area (Å²) in [6.07, 6.45) is 0. The molecule has 0 saturated heterocycles. The van der Waals surface area contributed by atoms with Gasteiger partial charge in [-0.15, -0.1) is 0 Å². The number of furan rings is 1. The molecule has 0 amide bonds. The predicted molar refractivity (Wildman–Crippen MR) is 239 cm³/mol. The Kier molecular flexibility index (Phi) is 7.16. The monoisotopic (exact) mass is 743 g/mol. The van der Waals surface area contributed by atoms with E-state index in [2.05, 4.69) is 161 Å². The number of rotatable bonds is 6. The second kappa shape index (κ2) is 12.8. The van der Waals surface area contributed by atoms with E-state index in [1.807, 2.05) is 48.5 Å². The lowest BCUT2D eigenvalue weighted by Gasteiger charge is -2.29. The summed E-state index contributed by atoms with van der Waals surface area (Å²) < 4.78 is 15.9. The zero-order valence-electron chi connectivity index (χ0n) is 31.2. The largest absolute Gasteiger partial charge is 0.454 e. The Bertz CT molecular complexity index is 3520. The van der Waals surface area contributed by atoms with Crippen molar-refractivity contribution in [1.29, 1.82) is 0 Å². The number of aromatic nitrogens is 2. The maximum Gasteiger partial charge on any atom is 0.227 e. The van der Waals surface area contributed by atoms with Crippen LogP contribution in [0.4, 0.5) is 17.1 Å². The fourth-order valence-electron chi connectivity index (χ4n) is 8.91. The minimum atomic E-state index is 0.592. The first-order valence-electron chi connectivity index (χ1n) is 19.6. The maximum absolute atomic E-state index is 6.84. The highest BCUT2D eigenvalue weighted by molar-refractivity contribution is 6.25. The number of para-hydroxylation sites is 6. The topological polar surface area (TPSA) is 47.3 Å². The molecule has 0 atom stereocenters. The molecular weight excluding hydrogens is 711 g/mol. The van der Waals surface area contributed by atoms with Crippen molar-refractivity contribution in [2.75, 3.05) is 4.90 Å². The second-order valence-corrected chi connectivity index (χ2v) is 14.7. The van der Waals surface area contributed by atoms with Crippen LogP contribution in [0.2, 0.25) is 0 Å². The normalized spacial score (nSPS) is 11.8. The van der Waals surface area contributed by atoms with Gasteiger partial charge >= 0.3 is 0 Å². The van der Waals surface area contributed by atoms with Gasteiger partial charge in [0.05, 0.1) is 28.1 Å². The Balaban J connectivity index is 1.21. The molecular formula is C53H33N3O2. The van der Waals surface area contributed by atoms with Crippen molar-refractivity contribution in [1.82, 2.24) is 9.55 Å². The van der Waals surface area contributed by atoms with Crippen LogP contribution in [0.5, 0.6) is 0 Å². The summed E-state index contributed by atoms with van der Waals surface area (Å²) in [6, 6.07) is 70.2. The third-order valence-electron chi connectivity index (χ3n) is 11.4. The SMILES string of the molecule is c1ccc(-c2nc3cccc(-c4ccccc4N(c4cc5c(c6ccccc46)c4ccccc4n5-c4ccccc4)c4cccc5c4oc4ccccc45)c3o2)cc1. The predicted octanol–water partition coefficient (Wildman–Crippen LogP) is 14.8. The zero-order valence-corrected chi connectivity index (χ0v) is 31.2. The van der Waals surface area contributed by atoms with E-state index >= 15 is 0 Å². The van der Waals surface area contributed by atoms with Gasteiger partial charge in [-0.2, -0.15) is 0 Å². The van der Waals surface area contributed by atoms with E-state index in [4.69, 9.17) is 13.8 Å². The molecule has 0 unspecified atom stereocenters. The molecule has 3 heterocycles. The lowest BCUT2D eigenvalue weighted by molar-refractivity contribution is 0.621. The summed E-state index contributed by atoms with van der Waals surface area (Å²) in [5.41, 5.74) is 12.4. The molecule has 0 aliphatic heterocycles. The smallest absolute Gasteiger partial charge is 0.227 e. The molecule has 9 aromatic carbocycles. The van der Waals surface area contributed by atoms with Crippen LogP contribution in [-0.4, -0.2) is 9.55 Å². The van der Waals surface area contributed by atoms with Gasteiger partial charge in [-0.05, 0) is 66.0 Å². The number of hydrogen-bond acceptors (Lipinski definition) is 4. The van der Waals surface area contributed by atoms with Crippen molar-refractivity contribution >= 4 is 82.7 Å². The first-order chi connectivity index (χ1) is 28.8. The Hall–Kier alpha value is -7.89. The van der Waals surface area contributed by atoms with E-state index in [1.165, 1.54) is 16.2 Å². The van der Waals surface area contributed by atoms with E-state index in [-0.39, 0.29) is 0 Å². The molecule has 0 aliphatic rings. The van der Waals surface area contributed by atoms with Gasteiger partial charge in [-0.3, -0.25) is 0 Å². The van der Waals surface area contributed by atoms with E-state index in [9.17, 15) is 0 Å². The zero-order chi connectivity index (χ0) is 38.2. The number of oxazole rings is 1. The molecule has 0 saturated carbocycles.